The maximum atomic E-state index is 13.3. The second-order valence-corrected chi connectivity index (χ2v) is 8.45. The zero-order chi connectivity index (χ0) is 26.4. The van der Waals surface area contributed by atoms with Crippen molar-refractivity contribution in [1.29, 1.82) is 0 Å². The predicted molar refractivity (Wildman–Crippen MR) is 138 cm³/mol. The summed E-state index contributed by atoms with van der Waals surface area (Å²) in [6.45, 7) is 5.58. The molecule has 37 heavy (non-hydrogen) atoms. The summed E-state index contributed by atoms with van der Waals surface area (Å²) >= 11 is 0. The molecule has 9 nitrogen and oxygen atoms in total. The van der Waals surface area contributed by atoms with Gasteiger partial charge in [0, 0.05) is 31.0 Å². The summed E-state index contributed by atoms with van der Waals surface area (Å²) in [5.74, 6) is -0.0713. The number of carbonyl (C=O) groups is 2. The van der Waals surface area contributed by atoms with Crippen LogP contribution in [0.15, 0.2) is 66.8 Å². The molecule has 1 aromatic heterocycles. The molecule has 3 aromatic rings. The number of aliphatic hydroxyl groups excluding tert-OH is 1. The van der Waals surface area contributed by atoms with Gasteiger partial charge in [-0.1, -0.05) is 18.2 Å². The molecule has 2 aromatic carbocycles. The number of rotatable bonds is 11. The fourth-order valence-corrected chi connectivity index (χ4v) is 4.48. The van der Waals surface area contributed by atoms with Gasteiger partial charge < -0.3 is 28.8 Å². The van der Waals surface area contributed by atoms with Gasteiger partial charge in [-0.2, -0.15) is 0 Å². The number of ether oxygens (including phenoxy) is 3. The van der Waals surface area contributed by atoms with E-state index in [0.717, 1.165) is 0 Å². The molecule has 0 spiro atoms. The molecule has 2 heterocycles. The Morgan fingerprint density at radius 2 is 1.84 bits per heavy atom. The van der Waals surface area contributed by atoms with E-state index in [2.05, 4.69) is 4.98 Å². The van der Waals surface area contributed by atoms with Crippen molar-refractivity contribution >= 4 is 17.4 Å². The second-order valence-electron chi connectivity index (χ2n) is 8.45. The lowest BCUT2D eigenvalue weighted by Crippen LogP contribution is -2.31. The number of imidazole rings is 1. The molecule has 0 radical (unpaired) electrons. The molecule has 4 rings (SSSR count). The fourth-order valence-electron chi connectivity index (χ4n) is 4.48. The van der Waals surface area contributed by atoms with E-state index >= 15 is 0 Å². The first-order chi connectivity index (χ1) is 18.0. The minimum Gasteiger partial charge on any atom is -0.507 e. The van der Waals surface area contributed by atoms with Crippen LogP contribution in [-0.2, 0) is 16.1 Å². The third-order valence-electron chi connectivity index (χ3n) is 6.14. The highest BCUT2D eigenvalue weighted by Gasteiger charge is 2.46. The van der Waals surface area contributed by atoms with Crippen LogP contribution in [0.25, 0.3) is 5.76 Å². The molecular weight excluding hydrogens is 474 g/mol. The van der Waals surface area contributed by atoms with Crippen molar-refractivity contribution < 1.29 is 28.9 Å². The number of ketones is 1. The molecule has 1 aliphatic heterocycles. The molecular formula is C28H31N3O6. The minimum atomic E-state index is -0.803. The fraction of sp³-hybridized carbons (Fsp3) is 0.321. The first-order valence-corrected chi connectivity index (χ1v) is 12.3. The monoisotopic (exact) mass is 505 g/mol. The number of likely N-dealkylation sites (tertiary alicyclic amines) is 1. The lowest BCUT2D eigenvalue weighted by atomic mass is 9.95. The number of nitrogens with zero attached hydrogens (tertiary/aromatic N) is 3. The number of aliphatic hydroxyl groups is 1. The highest BCUT2D eigenvalue weighted by molar-refractivity contribution is 6.46. The predicted octanol–water partition coefficient (Wildman–Crippen LogP) is 4.20. The summed E-state index contributed by atoms with van der Waals surface area (Å²) in [6, 6.07) is 11.3. The van der Waals surface area contributed by atoms with Gasteiger partial charge in [-0.15, -0.1) is 0 Å². The molecule has 1 saturated heterocycles. The summed E-state index contributed by atoms with van der Waals surface area (Å²) in [7, 11) is 1.53. The van der Waals surface area contributed by atoms with Crippen LogP contribution in [0.2, 0.25) is 0 Å². The number of Topliss-reactive ketones (excluding diaryl/α,β-unsaturated/α-hetero) is 1. The normalized spacial score (nSPS) is 16.7. The Morgan fingerprint density at radius 1 is 1.03 bits per heavy atom. The Balaban J connectivity index is 1.78. The van der Waals surface area contributed by atoms with Crippen molar-refractivity contribution in [1.82, 2.24) is 14.5 Å². The van der Waals surface area contributed by atoms with Crippen LogP contribution in [0.5, 0.6) is 17.2 Å². The lowest BCUT2D eigenvalue weighted by molar-refractivity contribution is -0.139. The van der Waals surface area contributed by atoms with Crippen LogP contribution in [-0.4, -0.2) is 58.1 Å². The molecule has 9 heteroatoms. The molecule has 1 fully saturated rings. The lowest BCUT2D eigenvalue weighted by Gasteiger charge is -2.26. The molecule has 0 bridgehead atoms. The van der Waals surface area contributed by atoms with Crippen LogP contribution < -0.4 is 14.2 Å². The van der Waals surface area contributed by atoms with Gasteiger partial charge in [0.15, 0.2) is 11.5 Å². The van der Waals surface area contributed by atoms with E-state index in [1.807, 2.05) is 24.6 Å². The van der Waals surface area contributed by atoms with Crippen molar-refractivity contribution in [2.45, 2.75) is 32.9 Å². The van der Waals surface area contributed by atoms with E-state index in [-0.39, 0.29) is 11.3 Å². The molecule has 1 N–H and O–H groups in total. The summed E-state index contributed by atoms with van der Waals surface area (Å²) < 4.78 is 18.6. The van der Waals surface area contributed by atoms with E-state index in [0.29, 0.717) is 61.1 Å². The molecule has 1 aliphatic rings. The zero-order valence-corrected chi connectivity index (χ0v) is 21.2. The SMILES string of the molecule is CCOc1cccc(C(O)=C2C(=O)C(=O)N(CCCn3ccnc3)C2c2ccc(OCC)c(OC)c2)c1. The third kappa shape index (κ3) is 5.45. The van der Waals surface area contributed by atoms with E-state index < -0.39 is 17.7 Å². The summed E-state index contributed by atoms with van der Waals surface area (Å²) in [5.41, 5.74) is 1.04. The summed E-state index contributed by atoms with van der Waals surface area (Å²) in [6.07, 6.45) is 5.82. The smallest absolute Gasteiger partial charge is 0.295 e. The number of carbonyl (C=O) groups excluding carboxylic acids is 2. The van der Waals surface area contributed by atoms with E-state index in [4.69, 9.17) is 14.2 Å². The first kappa shape index (κ1) is 25.8. The van der Waals surface area contributed by atoms with Gasteiger partial charge in [0.25, 0.3) is 11.7 Å². The minimum absolute atomic E-state index is 0.0208. The maximum Gasteiger partial charge on any atom is 0.295 e. The quantitative estimate of drug-likeness (QED) is 0.237. The number of aromatic nitrogens is 2. The second kappa shape index (κ2) is 11.6. The van der Waals surface area contributed by atoms with Gasteiger partial charge in [-0.05, 0) is 50.1 Å². The van der Waals surface area contributed by atoms with Crippen molar-refractivity contribution in [2.24, 2.45) is 0 Å². The largest absolute Gasteiger partial charge is 0.507 e. The number of amides is 1. The highest BCUT2D eigenvalue weighted by atomic mass is 16.5. The Kier molecular flexibility index (Phi) is 8.12. The molecule has 194 valence electrons. The third-order valence-corrected chi connectivity index (χ3v) is 6.14. The molecule has 0 saturated carbocycles. The molecule has 1 unspecified atom stereocenters. The van der Waals surface area contributed by atoms with Gasteiger partial charge in [-0.25, -0.2) is 4.98 Å². The molecule has 1 atom stereocenters. The van der Waals surface area contributed by atoms with Crippen LogP contribution in [0.1, 0.15) is 37.4 Å². The summed E-state index contributed by atoms with van der Waals surface area (Å²) in [5, 5.41) is 11.3. The Labute approximate surface area is 215 Å². The van der Waals surface area contributed by atoms with Crippen molar-refractivity contribution in [3.05, 3.63) is 77.9 Å². The number of aryl methyl sites for hydroxylation is 1. The van der Waals surface area contributed by atoms with Gasteiger partial charge in [0.05, 0.1) is 38.3 Å². The van der Waals surface area contributed by atoms with Gasteiger partial charge in [0.1, 0.15) is 11.5 Å². The Morgan fingerprint density at radius 3 is 2.54 bits per heavy atom. The zero-order valence-electron chi connectivity index (χ0n) is 21.2. The van der Waals surface area contributed by atoms with Gasteiger partial charge in [-0.3, -0.25) is 9.59 Å². The Bertz CT molecular complexity index is 1280. The van der Waals surface area contributed by atoms with E-state index in [1.54, 1.807) is 55.0 Å². The average molecular weight is 506 g/mol. The van der Waals surface area contributed by atoms with Gasteiger partial charge >= 0.3 is 0 Å². The van der Waals surface area contributed by atoms with E-state index in [9.17, 15) is 14.7 Å². The van der Waals surface area contributed by atoms with Crippen LogP contribution in [0.4, 0.5) is 0 Å². The number of benzene rings is 2. The average Bonchev–Trinajstić information content (AvgIpc) is 3.51. The van der Waals surface area contributed by atoms with E-state index in [1.165, 1.54) is 12.0 Å². The maximum absolute atomic E-state index is 13.3. The molecule has 0 aliphatic carbocycles. The van der Waals surface area contributed by atoms with Crippen LogP contribution >= 0.6 is 0 Å². The van der Waals surface area contributed by atoms with Gasteiger partial charge in [0.2, 0.25) is 0 Å². The number of hydrogen-bond acceptors (Lipinski definition) is 7. The number of hydrogen-bond donors (Lipinski definition) is 1. The van der Waals surface area contributed by atoms with Crippen LogP contribution in [0.3, 0.4) is 0 Å². The topological polar surface area (TPSA) is 103 Å². The van der Waals surface area contributed by atoms with Crippen molar-refractivity contribution in [3.63, 3.8) is 0 Å². The standard InChI is InChI=1S/C28H31N3O6/c1-4-36-21-9-6-8-20(16-21)26(32)24-25(19-10-11-22(37-5-2)23(17-19)35-3)31(28(34)27(24)33)14-7-13-30-15-12-29-18-30/h6,8-12,15-18,25,32H,4-5,7,13-14H2,1-3H3. The number of methoxy groups -OCH3 is 1. The van der Waals surface area contributed by atoms with Crippen LogP contribution in [0, 0.1) is 0 Å². The Hall–Kier alpha value is -4.27. The molecule has 1 amide bonds. The van der Waals surface area contributed by atoms with Crippen molar-refractivity contribution in [3.8, 4) is 17.2 Å². The highest BCUT2D eigenvalue weighted by Crippen LogP contribution is 2.42. The summed E-state index contributed by atoms with van der Waals surface area (Å²) in [4.78, 5) is 32.1. The van der Waals surface area contributed by atoms with Crippen molar-refractivity contribution in [2.75, 3.05) is 26.9 Å². The first-order valence-electron chi connectivity index (χ1n) is 12.3.